The fourth-order valence-corrected chi connectivity index (χ4v) is 1.26. The zero-order valence-electron chi connectivity index (χ0n) is 8.15. The Labute approximate surface area is 85.7 Å². The largest absolute Gasteiger partial charge is 0.480 e. The van der Waals surface area contributed by atoms with Crippen LogP contribution in [0, 0.1) is 6.92 Å². The Morgan fingerprint density at radius 3 is 3.13 bits per heavy atom. The van der Waals surface area contributed by atoms with Crippen LogP contribution < -0.4 is 5.32 Å². The molecule has 1 heterocycles. The highest BCUT2D eigenvalue weighted by molar-refractivity contribution is 5.76. The molecule has 0 atom stereocenters. The van der Waals surface area contributed by atoms with E-state index in [4.69, 9.17) is 9.52 Å². The van der Waals surface area contributed by atoms with Crippen LogP contribution in [0.4, 0.5) is 6.01 Å². The number of nitrogens with zero attached hydrogens (tertiary/aromatic N) is 1. The number of aliphatic carboxylic acids is 1. The molecule has 0 aliphatic heterocycles. The zero-order valence-corrected chi connectivity index (χ0v) is 8.15. The molecule has 0 saturated carbocycles. The summed E-state index contributed by atoms with van der Waals surface area (Å²) in [7, 11) is 0. The molecule has 15 heavy (non-hydrogen) atoms. The number of rotatable bonds is 3. The van der Waals surface area contributed by atoms with E-state index in [1.54, 1.807) is 0 Å². The molecular weight excluding hydrogens is 196 g/mol. The Balaban J connectivity index is 2.27. The van der Waals surface area contributed by atoms with E-state index in [0.717, 1.165) is 5.56 Å². The second kappa shape index (κ2) is 3.61. The highest BCUT2D eigenvalue weighted by Crippen LogP contribution is 2.19. The van der Waals surface area contributed by atoms with Crippen LogP contribution in [0.25, 0.3) is 11.1 Å². The highest BCUT2D eigenvalue weighted by atomic mass is 16.4. The lowest BCUT2D eigenvalue weighted by molar-refractivity contribution is -0.134. The number of carbonyl (C=O) groups is 1. The maximum atomic E-state index is 10.3. The van der Waals surface area contributed by atoms with Crippen molar-refractivity contribution < 1.29 is 14.3 Å². The molecule has 0 saturated heterocycles. The Kier molecular flexibility index (Phi) is 2.29. The second-order valence-corrected chi connectivity index (χ2v) is 3.24. The summed E-state index contributed by atoms with van der Waals surface area (Å²) < 4.78 is 5.31. The number of anilines is 1. The van der Waals surface area contributed by atoms with Crippen molar-refractivity contribution in [1.29, 1.82) is 0 Å². The van der Waals surface area contributed by atoms with Crippen LogP contribution in [0.1, 0.15) is 5.56 Å². The Morgan fingerprint density at radius 1 is 1.60 bits per heavy atom. The molecule has 1 aromatic carbocycles. The molecule has 5 nitrogen and oxygen atoms in total. The summed E-state index contributed by atoms with van der Waals surface area (Å²) in [6, 6.07) is 5.85. The SMILES string of the molecule is Cc1ccc2nc(NCC(=O)O)oc2c1. The van der Waals surface area contributed by atoms with Crippen LogP contribution in [0.2, 0.25) is 0 Å². The molecule has 2 N–H and O–H groups in total. The smallest absolute Gasteiger partial charge is 0.323 e. The number of hydrogen-bond acceptors (Lipinski definition) is 4. The van der Waals surface area contributed by atoms with E-state index >= 15 is 0 Å². The maximum absolute atomic E-state index is 10.3. The molecule has 0 spiro atoms. The van der Waals surface area contributed by atoms with Gasteiger partial charge in [-0.25, -0.2) is 0 Å². The van der Waals surface area contributed by atoms with Gasteiger partial charge in [0.2, 0.25) is 0 Å². The maximum Gasteiger partial charge on any atom is 0.323 e. The van der Waals surface area contributed by atoms with E-state index in [2.05, 4.69) is 10.3 Å². The minimum Gasteiger partial charge on any atom is -0.480 e. The molecule has 0 aliphatic carbocycles. The first kappa shape index (κ1) is 9.51. The predicted octanol–water partition coefficient (Wildman–Crippen LogP) is 1.63. The van der Waals surface area contributed by atoms with Crippen molar-refractivity contribution in [1.82, 2.24) is 4.98 Å². The third-order valence-corrected chi connectivity index (χ3v) is 1.93. The van der Waals surface area contributed by atoms with E-state index < -0.39 is 5.97 Å². The fourth-order valence-electron chi connectivity index (χ4n) is 1.26. The standard InChI is InChI=1S/C10H10N2O3/c1-6-2-3-7-8(4-6)15-10(12-7)11-5-9(13)14/h2-4H,5H2,1H3,(H,11,12)(H,13,14). The monoisotopic (exact) mass is 206 g/mol. The second-order valence-electron chi connectivity index (χ2n) is 3.24. The van der Waals surface area contributed by atoms with Crippen molar-refractivity contribution in [3.8, 4) is 0 Å². The molecule has 1 aromatic heterocycles. The van der Waals surface area contributed by atoms with Crippen molar-refractivity contribution in [2.75, 3.05) is 11.9 Å². The van der Waals surface area contributed by atoms with Gasteiger partial charge in [0.05, 0.1) is 0 Å². The molecule has 2 rings (SSSR count). The first-order valence-electron chi connectivity index (χ1n) is 4.48. The molecule has 0 unspecified atom stereocenters. The average Bonchev–Trinajstić information content (AvgIpc) is 2.56. The molecule has 5 heteroatoms. The normalized spacial score (nSPS) is 10.5. The molecule has 0 fully saturated rings. The lowest BCUT2D eigenvalue weighted by Crippen LogP contribution is -2.12. The number of fused-ring (bicyclic) bond motifs is 1. The van der Waals surface area contributed by atoms with Crippen LogP contribution in [0.15, 0.2) is 22.6 Å². The minimum absolute atomic E-state index is 0.203. The number of aromatic nitrogens is 1. The zero-order chi connectivity index (χ0) is 10.8. The average molecular weight is 206 g/mol. The van der Waals surface area contributed by atoms with Gasteiger partial charge in [-0.05, 0) is 24.6 Å². The summed E-state index contributed by atoms with van der Waals surface area (Å²) in [5.41, 5.74) is 2.44. The molecular formula is C10H10N2O3. The summed E-state index contributed by atoms with van der Waals surface area (Å²) in [5.74, 6) is -0.951. The summed E-state index contributed by atoms with van der Waals surface area (Å²) in [6.45, 7) is 1.75. The van der Waals surface area contributed by atoms with Gasteiger partial charge in [-0.1, -0.05) is 6.07 Å². The third-order valence-electron chi connectivity index (χ3n) is 1.93. The first-order chi connectivity index (χ1) is 7.15. The van der Waals surface area contributed by atoms with Crippen molar-refractivity contribution in [2.24, 2.45) is 0 Å². The van der Waals surface area contributed by atoms with Gasteiger partial charge in [-0.3, -0.25) is 4.79 Å². The molecule has 0 aliphatic rings. The predicted molar refractivity (Wildman–Crippen MR) is 54.9 cm³/mol. The van der Waals surface area contributed by atoms with E-state index in [1.807, 2.05) is 25.1 Å². The van der Waals surface area contributed by atoms with Gasteiger partial charge in [0.1, 0.15) is 12.1 Å². The van der Waals surface area contributed by atoms with Gasteiger partial charge >= 0.3 is 5.97 Å². The number of hydrogen-bond donors (Lipinski definition) is 2. The Bertz CT molecular complexity index is 504. The first-order valence-corrected chi connectivity index (χ1v) is 4.48. The number of oxazole rings is 1. The minimum atomic E-state index is -0.951. The van der Waals surface area contributed by atoms with Gasteiger partial charge < -0.3 is 14.8 Å². The van der Waals surface area contributed by atoms with Gasteiger partial charge in [-0.2, -0.15) is 4.98 Å². The Hall–Kier alpha value is -2.04. The van der Waals surface area contributed by atoms with Crippen LogP contribution in [0.5, 0.6) is 0 Å². The number of carboxylic acids is 1. The number of nitrogens with one attached hydrogen (secondary N) is 1. The van der Waals surface area contributed by atoms with Gasteiger partial charge in [-0.15, -0.1) is 0 Å². The van der Waals surface area contributed by atoms with E-state index in [-0.39, 0.29) is 12.6 Å². The topological polar surface area (TPSA) is 75.4 Å². The molecule has 0 radical (unpaired) electrons. The number of aryl methyl sites for hydroxylation is 1. The van der Waals surface area contributed by atoms with Crippen molar-refractivity contribution in [3.63, 3.8) is 0 Å². The van der Waals surface area contributed by atoms with Crippen LogP contribution in [-0.2, 0) is 4.79 Å². The lowest BCUT2D eigenvalue weighted by Gasteiger charge is -1.93. The third kappa shape index (κ3) is 2.07. The summed E-state index contributed by atoms with van der Waals surface area (Å²) in [6.07, 6.45) is 0. The van der Waals surface area contributed by atoms with E-state index in [1.165, 1.54) is 0 Å². The molecule has 0 bridgehead atoms. The summed E-state index contributed by atoms with van der Waals surface area (Å²) in [5, 5.41) is 11.0. The highest BCUT2D eigenvalue weighted by Gasteiger charge is 2.06. The van der Waals surface area contributed by atoms with E-state index in [0.29, 0.717) is 11.1 Å². The van der Waals surface area contributed by atoms with Gasteiger partial charge in [0.15, 0.2) is 5.58 Å². The lowest BCUT2D eigenvalue weighted by atomic mass is 10.2. The fraction of sp³-hybridized carbons (Fsp3) is 0.200. The van der Waals surface area contributed by atoms with Crippen LogP contribution >= 0.6 is 0 Å². The van der Waals surface area contributed by atoms with Crippen molar-refractivity contribution >= 4 is 23.1 Å². The van der Waals surface area contributed by atoms with Crippen molar-refractivity contribution in [3.05, 3.63) is 23.8 Å². The van der Waals surface area contributed by atoms with Gasteiger partial charge in [0.25, 0.3) is 6.01 Å². The number of benzene rings is 1. The molecule has 0 amide bonds. The quantitative estimate of drug-likeness (QED) is 0.798. The van der Waals surface area contributed by atoms with Gasteiger partial charge in [0, 0.05) is 0 Å². The van der Waals surface area contributed by atoms with E-state index in [9.17, 15) is 4.79 Å². The van der Waals surface area contributed by atoms with Crippen LogP contribution in [-0.4, -0.2) is 22.6 Å². The molecule has 78 valence electrons. The summed E-state index contributed by atoms with van der Waals surface area (Å²) >= 11 is 0. The molecule has 2 aromatic rings. The Morgan fingerprint density at radius 2 is 2.40 bits per heavy atom. The van der Waals surface area contributed by atoms with Crippen molar-refractivity contribution in [2.45, 2.75) is 6.92 Å². The summed E-state index contributed by atoms with van der Waals surface area (Å²) in [4.78, 5) is 14.4. The number of carboxylic acid groups (broad SMARTS) is 1. The van der Waals surface area contributed by atoms with Crippen LogP contribution in [0.3, 0.4) is 0 Å².